The zero-order valence-electron chi connectivity index (χ0n) is 11.7. The summed E-state index contributed by atoms with van der Waals surface area (Å²) in [4.78, 5) is 17.0. The van der Waals surface area contributed by atoms with Crippen molar-refractivity contribution < 1.29 is 4.79 Å². The molecule has 21 heavy (non-hydrogen) atoms. The summed E-state index contributed by atoms with van der Waals surface area (Å²) in [5.74, 6) is -0.143. The topological polar surface area (TPSA) is 46.4 Å². The average Bonchev–Trinajstić information content (AvgIpc) is 2.77. The largest absolute Gasteiger partial charge is 0.320 e. The number of aromatic nitrogens is 2. The van der Waals surface area contributed by atoms with Gasteiger partial charge in [0.1, 0.15) is 11.3 Å². The molecule has 106 valence electrons. The van der Waals surface area contributed by atoms with Crippen LogP contribution < -0.4 is 5.32 Å². The van der Waals surface area contributed by atoms with E-state index in [2.05, 4.69) is 32.9 Å². The molecule has 0 aliphatic heterocycles. The van der Waals surface area contributed by atoms with Gasteiger partial charge in [0.15, 0.2) is 0 Å². The number of nitrogens with one attached hydrogen (secondary N) is 1. The molecule has 0 saturated heterocycles. The maximum absolute atomic E-state index is 12.6. The van der Waals surface area contributed by atoms with Crippen molar-refractivity contribution in [3.05, 3.63) is 63.1 Å². The Balaban J connectivity index is 1.99. The minimum Gasteiger partial charge on any atom is -0.320 e. The molecule has 2 aromatic heterocycles. The number of hydrogen-bond donors (Lipinski definition) is 1. The van der Waals surface area contributed by atoms with Gasteiger partial charge in [-0.15, -0.1) is 0 Å². The Labute approximate surface area is 136 Å². The first-order valence-electron chi connectivity index (χ1n) is 6.57. The lowest BCUT2D eigenvalue weighted by Crippen LogP contribution is -2.16. The molecule has 0 unspecified atom stereocenters. The van der Waals surface area contributed by atoms with Crippen molar-refractivity contribution in [2.24, 2.45) is 0 Å². The highest BCUT2D eigenvalue weighted by atomic mass is 127. The summed E-state index contributed by atoms with van der Waals surface area (Å²) >= 11 is 2.26. The lowest BCUT2D eigenvalue weighted by atomic mass is 10.2. The second-order valence-electron chi connectivity index (χ2n) is 4.89. The number of imidazole rings is 1. The van der Waals surface area contributed by atoms with E-state index in [0.717, 1.165) is 26.2 Å². The SMILES string of the molecule is Cc1cc(I)ccc1NC(=O)c1c(C)nc2ccccn12. The molecular weight excluding hydrogens is 377 g/mol. The van der Waals surface area contributed by atoms with Crippen LogP contribution in [-0.4, -0.2) is 15.3 Å². The molecule has 1 aromatic carbocycles. The van der Waals surface area contributed by atoms with Gasteiger partial charge in [-0.05, 0) is 72.3 Å². The fraction of sp³-hybridized carbons (Fsp3) is 0.125. The number of amides is 1. The van der Waals surface area contributed by atoms with Crippen LogP contribution in [0, 0.1) is 17.4 Å². The van der Waals surface area contributed by atoms with Gasteiger partial charge in [-0.1, -0.05) is 6.07 Å². The smallest absolute Gasteiger partial charge is 0.274 e. The number of rotatable bonds is 2. The number of anilines is 1. The molecule has 1 N–H and O–H groups in total. The third-order valence-corrected chi connectivity index (χ3v) is 4.03. The molecule has 4 nitrogen and oxygen atoms in total. The average molecular weight is 391 g/mol. The van der Waals surface area contributed by atoms with Gasteiger partial charge in [-0.3, -0.25) is 9.20 Å². The van der Waals surface area contributed by atoms with Gasteiger partial charge in [0.2, 0.25) is 0 Å². The summed E-state index contributed by atoms with van der Waals surface area (Å²) in [5, 5.41) is 2.97. The lowest BCUT2D eigenvalue weighted by Gasteiger charge is -2.09. The number of hydrogen-bond acceptors (Lipinski definition) is 2. The van der Waals surface area contributed by atoms with E-state index in [-0.39, 0.29) is 5.91 Å². The predicted octanol–water partition coefficient (Wildman–Crippen LogP) is 3.81. The molecule has 0 saturated carbocycles. The summed E-state index contributed by atoms with van der Waals surface area (Å²) in [6, 6.07) is 11.6. The second kappa shape index (κ2) is 5.48. The van der Waals surface area contributed by atoms with Gasteiger partial charge < -0.3 is 5.32 Å². The summed E-state index contributed by atoms with van der Waals surface area (Å²) in [7, 11) is 0. The van der Waals surface area contributed by atoms with Crippen LogP contribution in [0.15, 0.2) is 42.6 Å². The number of carbonyl (C=O) groups is 1. The molecule has 0 bridgehead atoms. The Morgan fingerprint density at radius 3 is 2.81 bits per heavy atom. The van der Waals surface area contributed by atoms with Crippen molar-refractivity contribution in [3.8, 4) is 0 Å². The Morgan fingerprint density at radius 2 is 2.05 bits per heavy atom. The van der Waals surface area contributed by atoms with E-state index in [4.69, 9.17) is 0 Å². The molecule has 0 spiro atoms. The second-order valence-corrected chi connectivity index (χ2v) is 6.13. The molecule has 3 aromatic rings. The van der Waals surface area contributed by atoms with Crippen molar-refractivity contribution in [1.29, 1.82) is 0 Å². The van der Waals surface area contributed by atoms with E-state index in [1.54, 1.807) is 0 Å². The highest BCUT2D eigenvalue weighted by Crippen LogP contribution is 2.20. The summed E-state index contributed by atoms with van der Waals surface area (Å²) in [6.07, 6.45) is 1.85. The number of nitrogens with zero attached hydrogens (tertiary/aromatic N) is 2. The first-order chi connectivity index (χ1) is 10.1. The van der Waals surface area contributed by atoms with Crippen LogP contribution in [0.4, 0.5) is 5.69 Å². The van der Waals surface area contributed by atoms with Gasteiger partial charge in [-0.2, -0.15) is 0 Å². The zero-order chi connectivity index (χ0) is 15.0. The van der Waals surface area contributed by atoms with Crippen molar-refractivity contribution >= 4 is 39.8 Å². The Hall–Kier alpha value is -1.89. The molecule has 0 atom stereocenters. The molecule has 1 amide bonds. The van der Waals surface area contributed by atoms with Crippen LogP contribution in [0.25, 0.3) is 5.65 Å². The minimum atomic E-state index is -0.143. The third-order valence-electron chi connectivity index (χ3n) is 3.36. The van der Waals surface area contributed by atoms with E-state index in [9.17, 15) is 4.79 Å². The number of carbonyl (C=O) groups excluding carboxylic acids is 1. The highest BCUT2D eigenvalue weighted by molar-refractivity contribution is 14.1. The normalized spacial score (nSPS) is 10.8. The maximum atomic E-state index is 12.6. The quantitative estimate of drug-likeness (QED) is 0.676. The van der Waals surface area contributed by atoms with Gasteiger partial charge in [-0.25, -0.2) is 4.98 Å². The fourth-order valence-electron chi connectivity index (χ4n) is 2.34. The van der Waals surface area contributed by atoms with Crippen LogP contribution in [0.5, 0.6) is 0 Å². The van der Waals surface area contributed by atoms with Crippen molar-refractivity contribution in [1.82, 2.24) is 9.38 Å². The molecule has 0 aliphatic carbocycles. The molecular formula is C16H14IN3O. The van der Waals surface area contributed by atoms with Crippen molar-refractivity contribution in [2.75, 3.05) is 5.32 Å². The van der Waals surface area contributed by atoms with E-state index < -0.39 is 0 Å². The van der Waals surface area contributed by atoms with Crippen LogP contribution in [0.2, 0.25) is 0 Å². The number of aryl methyl sites for hydroxylation is 2. The van der Waals surface area contributed by atoms with Crippen molar-refractivity contribution in [2.45, 2.75) is 13.8 Å². The fourth-order valence-corrected chi connectivity index (χ4v) is 2.98. The summed E-state index contributed by atoms with van der Waals surface area (Å²) in [5.41, 5.74) is 3.94. The van der Waals surface area contributed by atoms with Crippen molar-refractivity contribution in [3.63, 3.8) is 0 Å². The molecule has 0 radical (unpaired) electrons. The lowest BCUT2D eigenvalue weighted by molar-refractivity contribution is 0.102. The minimum absolute atomic E-state index is 0.143. The predicted molar refractivity (Wildman–Crippen MR) is 91.8 cm³/mol. The van der Waals surface area contributed by atoms with Crippen LogP contribution in [0.3, 0.4) is 0 Å². The first kappa shape index (κ1) is 14.1. The number of pyridine rings is 1. The van der Waals surface area contributed by atoms with E-state index in [1.165, 1.54) is 0 Å². The Bertz CT molecular complexity index is 839. The van der Waals surface area contributed by atoms with Gasteiger partial charge in [0, 0.05) is 15.5 Å². The Kier molecular flexibility index (Phi) is 3.67. The van der Waals surface area contributed by atoms with Crippen LogP contribution in [0.1, 0.15) is 21.7 Å². The third kappa shape index (κ3) is 2.65. The standard InChI is InChI=1S/C16H14IN3O/c1-10-9-12(17)6-7-13(10)19-16(21)15-11(2)18-14-5-3-4-8-20(14)15/h3-9H,1-2H3,(H,19,21). The summed E-state index contributed by atoms with van der Waals surface area (Å²) < 4.78 is 2.96. The van der Waals surface area contributed by atoms with Gasteiger partial charge in [0.05, 0.1) is 5.69 Å². The molecule has 0 aliphatic rings. The summed E-state index contributed by atoms with van der Waals surface area (Å²) in [6.45, 7) is 3.84. The van der Waals surface area contributed by atoms with E-state index in [0.29, 0.717) is 5.69 Å². The van der Waals surface area contributed by atoms with E-state index >= 15 is 0 Å². The number of halogens is 1. The van der Waals surface area contributed by atoms with Gasteiger partial charge >= 0.3 is 0 Å². The highest BCUT2D eigenvalue weighted by Gasteiger charge is 2.16. The maximum Gasteiger partial charge on any atom is 0.274 e. The molecule has 2 heterocycles. The first-order valence-corrected chi connectivity index (χ1v) is 7.65. The Morgan fingerprint density at radius 1 is 1.24 bits per heavy atom. The van der Waals surface area contributed by atoms with E-state index in [1.807, 2.05) is 60.8 Å². The van der Waals surface area contributed by atoms with Crippen LogP contribution in [-0.2, 0) is 0 Å². The molecule has 3 rings (SSSR count). The molecule has 0 fully saturated rings. The molecule has 5 heteroatoms. The monoisotopic (exact) mass is 391 g/mol. The van der Waals surface area contributed by atoms with Crippen LogP contribution >= 0.6 is 22.6 Å². The zero-order valence-corrected chi connectivity index (χ0v) is 13.9. The number of benzene rings is 1. The number of fused-ring (bicyclic) bond motifs is 1. The van der Waals surface area contributed by atoms with Gasteiger partial charge in [0.25, 0.3) is 5.91 Å².